The molecule has 0 aromatic carbocycles. The molecule has 1 heterocycles. The van der Waals surface area contributed by atoms with Crippen molar-refractivity contribution >= 4 is 0 Å². The van der Waals surface area contributed by atoms with Gasteiger partial charge < -0.3 is 9.84 Å². The fourth-order valence-electron chi connectivity index (χ4n) is 2.46. The molecule has 2 unspecified atom stereocenters. The van der Waals surface area contributed by atoms with Crippen molar-refractivity contribution in [2.75, 3.05) is 7.11 Å². The minimum absolute atomic E-state index is 0.0591. The molecule has 0 saturated heterocycles. The lowest BCUT2D eigenvalue weighted by Crippen LogP contribution is -2.43. The molecule has 0 spiro atoms. The highest BCUT2D eigenvalue weighted by Gasteiger charge is 2.40. The van der Waals surface area contributed by atoms with E-state index < -0.39 is 0 Å². The van der Waals surface area contributed by atoms with Crippen molar-refractivity contribution in [3.63, 3.8) is 0 Å². The summed E-state index contributed by atoms with van der Waals surface area (Å²) in [4.78, 5) is 4.30. The first-order valence-corrected chi connectivity index (χ1v) is 6.31. The minimum Gasteiger partial charge on any atom is -0.392 e. The maximum atomic E-state index is 10.3. The van der Waals surface area contributed by atoms with Gasteiger partial charge in [0.05, 0.1) is 11.7 Å². The summed E-state index contributed by atoms with van der Waals surface area (Å²) in [6.07, 6.45) is 5.43. The number of nitrogens with zero attached hydrogens (tertiary/aromatic N) is 1. The lowest BCUT2D eigenvalue weighted by Gasteiger charge is -2.42. The number of hydrogen-bond acceptors (Lipinski definition) is 3. The minimum atomic E-state index is -0.384. The Hall–Kier alpha value is -0.930. The molecule has 0 aliphatic heterocycles. The maximum Gasteiger partial charge on any atom is 0.0703 e. The topological polar surface area (TPSA) is 42.4 Å². The van der Waals surface area contributed by atoms with Crippen LogP contribution in [0.1, 0.15) is 44.2 Å². The standard InChI is InChI=1S/C14H21NO2/c1-11(12-6-3-4-9-15-12)13(16)10-14(17-2)7-5-8-14/h3-4,6,9,11,13,16H,5,7-8,10H2,1-2H3. The summed E-state index contributed by atoms with van der Waals surface area (Å²) in [6, 6.07) is 5.82. The number of aliphatic hydroxyl groups excluding tert-OH is 1. The Morgan fingerprint density at radius 2 is 2.24 bits per heavy atom. The quantitative estimate of drug-likeness (QED) is 0.852. The molecule has 3 heteroatoms. The van der Waals surface area contributed by atoms with Gasteiger partial charge in [-0.3, -0.25) is 4.98 Å². The van der Waals surface area contributed by atoms with Gasteiger partial charge in [-0.15, -0.1) is 0 Å². The molecule has 0 amide bonds. The van der Waals surface area contributed by atoms with Crippen LogP contribution >= 0.6 is 0 Å². The maximum absolute atomic E-state index is 10.3. The van der Waals surface area contributed by atoms with Crippen molar-refractivity contribution in [2.45, 2.75) is 50.2 Å². The number of rotatable bonds is 5. The van der Waals surface area contributed by atoms with E-state index in [1.165, 1.54) is 6.42 Å². The molecule has 1 aliphatic rings. The monoisotopic (exact) mass is 235 g/mol. The Labute approximate surface area is 103 Å². The van der Waals surface area contributed by atoms with Gasteiger partial charge in [0.25, 0.3) is 0 Å². The van der Waals surface area contributed by atoms with Crippen LogP contribution in [0.15, 0.2) is 24.4 Å². The predicted molar refractivity (Wildman–Crippen MR) is 66.9 cm³/mol. The van der Waals surface area contributed by atoms with E-state index in [4.69, 9.17) is 4.74 Å². The Morgan fingerprint density at radius 1 is 1.47 bits per heavy atom. The molecular weight excluding hydrogens is 214 g/mol. The Bertz CT molecular complexity index is 343. The number of aliphatic hydroxyl groups is 1. The predicted octanol–water partition coefficient (Wildman–Crippen LogP) is 2.51. The molecular formula is C14H21NO2. The summed E-state index contributed by atoms with van der Waals surface area (Å²) in [7, 11) is 1.75. The summed E-state index contributed by atoms with van der Waals surface area (Å²) in [5.41, 5.74) is 0.869. The third kappa shape index (κ3) is 2.67. The smallest absolute Gasteiger partial charge is 0.0703 e. The van der Waals surface area contributed by atoms with Crippen molar-refractivity contribution in [3.8, 4) is 0 Å². The number of aromatic nitrogens is 1. The molecule has 1 aromatic heterocycles. The van der Waals surface area contributed by atoms with Gasteiger partial charge in [0.1, 0.15) is 0 Å². The number of hydrogen-bond donors (Lipinski definition) is 1. The summed E-state index contributed by atoms with van der Waals surface area (Å²) in [5, 5.41) is 10.3. The second kappa shape index (κ2) is 5.15. The summed E-state index contributed by atoms with van der Waals surface area (Å²) >= 11 is 0. The van der Waals surface area contributed by atoms with E-state index in [-0.39, 0.29) is 17.6 Å². The highest BCUT2D eigenvalue weighted by Crippen LogP contribution is 2.40. The van der Waals surface area contributed by atoms with Gasteiger partial charge in [-0.1, -0.05) is 13.0 Å². The van der Waals surface area contributed by atoms with Crippen molar-refractivity contribution in [1.29, 1.82) is 0 Å². The van der Waals surface area contributed by atoms with Crippen LogP contribution in [0.25, 0.3) is 0 Å². The molecule has 94 valence electrons. The van der Waals surface area contributed by atoms with Crippen LogP contribution in [0, 0.1) is 0 Å². The molecule has 1 N–H and O–H groups in total. The van der Waals surface area contributed by atoms with Crippen molar-refractivity contribution in [3.05, 3.63) is 30.1 Å². The highest BCUT2D eigenvalue weighted by atomic mass is 16.5. The van der Waals surface area contributed by atoms with Gasteiger partial charge in [-0.25, -0.2) is 0 Å². The largest absolute Gasteiger partial charge is 0.392 e. The fraction of sp³-hybridized carbons (Fsp3) is 0.643. The SMILES string of the molecule is COC1(CC(O)C(C)c2ccccn2)CCC1. The molecule has 0 bridgehead atoms. The molecule has 2 atom stereocenters. The van der Waals surface area contributed by atoms with E-state index in [1.807, 2.05) is 25.1 Å². The van der Waals surface area contributed by atoms with Gasteiger partial charge in [-0.05, 0) is 31.4 Å². The van der Waals surface area contributed by atoms with Crippen LogP contribution in [-0.4, -0.2) is 28.9 Å². The molecule has 1 aliphatic carbocycles. The van der Waals surface area contributed by atoms with E-state index in [9.17, 15) is 5.11 Å². The third-order valence-corrected chi connectivity index (χ3v) is 4.01. The number of methoxy groups -OCH3 is 1. The Kier molecular flexibility index (Phi) is 3.79. The average Bonchev–Trinajstić information content (AvgIpc) is 2.33. The van der Waals surface area contributed by atoms with Crippen LogP contribution in [0.2, 0.25) is 0 Å². The van der Waals surface area contributed by atoms with E-state index >= 15 is 0 Å². The summed E-state index contributed by atoms with van der Waals surface area (Å²) < 4.78 is 5.55. The first kappa shape index (κ1) is 12.5. The van der Waals surface area contributed by atoms with E-state index in [1.54, 1.807) is 13.3 Å². The molecule has 17 heavy (non-hydrogen) atoms. The van der Waals surface area contributed by atoms with E-state index in [0.717, 1.165) is 18.5 Å². The fourth-order valence-corrected chi connectivity index (χ4v) is 2.46. The number of ether oxygens (including phenoxy) is 1. The molecule has 1 aromatic rings. The normalized spacial score (nSPS) is 21.6. The Balaban J connectivity index is 1.98. The zero-order valence-electron chi connectivity index (χ0n) is 10.6. The average molecular weight is 235 g/mol. The Morgan fingerprint density at radius 3 is 2.71 bits per heavy atom. The lowest BCUT2D eigenvalue weighted by molar-refractivity contribution is -0.102. The third-order valence-electron chi connectivity index (χ3n) is 4.01. The lowest BCUT2D eigenvalue weighted by atomic mass is 9.74. The van der Waals surface area contributed by atoms with Gasteiger partial charge >= 0.3 is 0 Å². The zero-order chi connectivity index (χ0) is 12.3. The molecule has 0 radical (unpaired) electrons. The van der Waals surface area contributed by atoms with Crippen LogP contribution in [-0.2, 0) is 4.74 Å². The first-order chi connectivity index (χ1) is 8.17. The van der Waals surface area contributed by atoms with Gasteiger partial charge in [0.2, 0.25) is 0 Å². The van der Waals surface area contributed by atoms with Crippen LogP contribution < -0.4 is 0 Å². The summed E-state index contributed by atoms with van der Waals surface area (Å²) in [6.45, 7) is 2.02. The van der Waals surface area contributed by atoms with Crippen molar-refractivity contribution in [1.82, 2.24) is 4.98 Å². The molecule has 1 saturated carbocycles. The number of pyridine rings is 1. The van der Waals surface area contributed by atoms with Crippen LogP contribution in [0.5, 0.6) is 0 Å². The van der Waals surface area contributed by atoms with Crippen LogP contribution in [0.4, 0.5) is 0 Å². The van der Waals surface area contributed by atoms with Gasteiger partial charge in [0.15, 0.2) is 0 Å². The zero-order valence-corrected chi connectivity index (χ0v) is 10.6. The van der Waals surface area contributed by atoms with Gasteiger partial charge in [0, 0.05) is 31.3 Å². The van der Waals surface area contributed by atoms with Crippen molar-refractivity contribution < 1.29 is 9.84 Å². The molecule has 3 nitrogen and oxygen atoms in total. The second-order valence-electron chi connectivity index (χ2n) is 5.06. The molecule has 1 fully saturated rings. The first-order valence-electron chi connectivity index (χ1n) is 6.31. The highest BCUT2D eigenvalue weighted by molar-refractivity contribution is 5.11. The van der Waals surface area contributed by atoms with Crippen molar-refractivity contribution in [2.24, 2.45) is 0 Å². The summed E-state index contributed by atoms with van der Waals surface area (Å²) in [5.74, 6) is 0.0591. The molecule has 2 rings (SSSR count). The van der Waals surface area contributed by atoms with Crippen LogP contribution in [0.3, 0.4) is 0 Å². The van der Waals surface area contributed by atoms with Gasteiger partial charge in [-0.2, -0.15) is 0 Å². The second-order valence-corrected chi connectivity index (χ2v) is 5.06. The van der Waals surface area contributed by atoms with E-state index in [2.05, 4.69) is 4.98 Å². The van der Waals surface area contributed by atoms with E-state index in [0.29, 0.717) is 6.42 Å².